The van der Waals surface area contributed by atoms with Gasteiger partial charge in [-0.2, -0.15) is 79.0 Å². The predicted molar refractivity (Wildman–Crippen MR) is 81.4 cm³/mol. The molecule has 0 aromatic rings. The zero-order valence-corrected chi connectivity index (χ0v) is 20.9. The summed E-state index contributed by atoms with van der Waals surface area (Å²) in [5.74, 6) is -16.9. The van der Waals surface area contributed by atoms with Gasteiger partial charge in [-0.15, -0.1) is 0 Å². The van der Waals surface area contributed by atoms with Crippen LogP contribution in [0.25, 0.3) is 0 Å². The molecule has 0 aliphatic heterocycles. The van der Waals surface area contributed by atoms with E-state index in [4.69, 9.17) is 0 Å². The number of rotatable bonds is 3. The topological polar surface area (TPSA) is 120 Å². The normalized spacial score (nSPS) is 14.1. The van der Waals surface area contributed by atoms with Gasteiger partial charge in [0.15, 0.2) is 0 Å². The van der Waals surface area contributed by atoms with Crippen molar-refractivity contribution in [2.24, 2.45) is 0 Å². The summed E-state index contributed by atoms with van der Waals surface area (Å²) >= 11 is 0. The molecular formula is C15H3BiF18O6. The molecule has 0 aromatic carbocycles. The summed E-state index contributed by atoms with van der Waals surface area (Å²) in [7, 11) is 0. The average Bonchev–Trinajstić information content (AvgIpc) is 2.64. The molecular weight excluding hydrogens is 827 g/mol. The number of halogens is 18. The van der Waals surface area contributed by atoms with Crippen molar-refractivity contribution in [3.05, 3.63) is 35.5 Å². The maximum absolute atomic E-state index is 11.3. The van der Waals surface area contributed by atoms with Crippen LogP contribution in [-0.4, -0.2) is 80.6 Å². The Morgan fingerprint density at radius 1 is 0.350 bits per heavy atom. The average molecular weight is 830 g/mol. The van der Waals surface area contributed by atoms with Crippen LogP contribution in [0.5, 0.6) is 0 Å². The second kappa shape index (κ2) is 15.3. The van der Waals surface area contributed by atoms with E-state index in [2.05, 4.69) is 0 Å². The first-order chi connectivity index (χ1) is 16.6. The summed E-state index contributed by atoms with van der Waals surface area (Å²) in [5.41, 5.74) is 0. The molecule has 230 valence electrons. The summed E-state index contributed by atoms with van der Waals surface area (Å²) in [6.07, 6.45) is -35.8. The molecule has 0 unspecified atom stereocenters. The van der Waals surface area contributed by atoms with Crippen LogP contribution < -0.4 is 15.3 Å². The van der Waals surface area contributed by atoms with Crippen molar-refractivity contribution >= 4 is 43.6 Å². The summed E-state index contributed by atoms with van der Waals surface area (Å²) in [4.78, 5) is 29.5. The summed E-state index contributed by atoms with van der Waals surface area (Å²) in [6.45, 7) is 0. The van der Waals surface area contributed by atoms with Gasteiger partial charge in [-0.05, 0) is 35.5 Å². The van der Waals surface area contributed by atoms with Gasteiger partial charge in [-0.25, -0.2) is 0 Å². The van der Waals surface area contributed by atoms with E-state index >= 15 is 0 Å². The third-order valence-electron chi connectivity index (χ3n) is 2.46. The van der Waals surface area contributed by atoms with Gasteiger partial charge in [0, 0.05) is 0 Å². The van der Waals surface area contributed by atoms with Crippen LogP contribution in [0.15, 0.2) is 35.5 Å². The molecule has 0 rings (SSSR count). The Bertz CT molecular complexity index is 834. The molecule has 0 aliphatic carbocycles. The quantitative estimate of drug-likeness (QED) is 0.187. The van der Waals surface area contributed by atoms with Gasteiger partial charge in [-0.1, -0.05) is 0 Å². The molecule has 0 spiro atoms. The number of ketones is 3. The van der Waals surface area contributed by atoms with Crippen LogP contribution in [0, 0.1) is 0 Å². The van der Waals surface area contributed by atoms with Crippen LogP contribution >= 0.6 is 0 Å². The Balaban J connectivity index is -0.000000240. The van der Waals surface area contributed by atoms with Crippen LogP contribution in [0.4, 0.5) is 79.0 Å². The number of hydrogen-bond acceptors (Lipinski definition) is 6. The SMILES string of the molecule is O=C(/C=C(/[O-])C(F)(F)F)C(F)(F)F.O=C(/C=C(/[O-])C(F)(F)F)C(F)(F)F.O=C(/C=C(\[O-])C(F)(F)F)C(F)(F)F.[Bi+3]. The third kappa shape index (κ3) is 20.2. The first kappa shape index (κ1) is 44.3. The van der Waals surface area contributed by atoms with Crippen molar-refractivity contribution in [1.82, 2.24) is 0 Å². The van der Waals surface area contributed by atoms with Crippen molar-refractivity contribution in [1.29, 1.82) is 0 Å². The fourth-order valence-electron chi connectivity index (χ4n) is 0.848. The van der Waals surface area contributed by atoms with E-state index in [1.54, 1.807) is 0 Å². The predicted octanol–water partition coefficient (Wildman–Crippen LogP) is 2.39. The molecule has 25 heteroatoms. The molecule has 6 nitrogen and oxygen atoms in total. The van der Waals surface area contributed by atoms with Gasteiger partial charge < -0.3 is 15.3 Å². The monoisotopic (exact) mass is 830 g/mol. The van der Waals surface area contributed by atoms with Crippen molar-refractivity contribution in [3.63, 3.8) is 0 Å². The molecule has 0 saturated heterocycles. The molecule has 40 heavy (non-hydrogen) atoms. The first-order valence-electron chi connectivity index (χ1n) is 7.86. The molecule has 0 aliphatic rings. The fourth-order valence-corrected chi connectivity index (χ4v) is 0.848. The fraction of sp³-hybridized carbons (Fsp3) is 0.400. The van der Waals surface area contributed by atoms with E-state index in [9.17, 15) is 109 Å². The first-order valence-corrected chi connectivity index (χ1v) is 7.86. The van der Waals surface area contributed by atoms with E-state index in [1.807, 2.05) is 0 Å². The summed E-state index contributed by atoms with van der Waals surface area (Å²) in [6, 6.07) is 0. The standard InChI is InChI=1S/3C5H2F6O2.Bi/c3*6-4(7,8)2(12)1-3(13)5(9,10)11;/h3*1,12H;/q;;;+3/p-3/b2*2-1+;2-1-;. The number of alkyl halides is 18. The van der Waals surface area contributed by atoms with Gasteiger partial charge in [0.05, 0.1) is 0 Å². The molecule has 0 bridgehead atoms. The summed E-state index contributed by atoms with van der Waals surface area (Å²) in [5, 5.41) is 29.5. The minimum atomic E-state index is -5.46. The van der Waals surface area contributed by atoms with Crippen molar-refractivity contribution in [3.8, 4) is 0 Å². The van der Waals surface area contributed by atoms with Gasteiger partial charge in [0.2, 0.25) is 0 Å². The molecule has 0 atom stereocenters. The second-order valence-electron chi connectivity index (χ2n) is 5.61. The number of carbonyl (C=O) groups excluding carboxylic acids is 3. The molecule has 0 aromatic heterocycles. The van der Waals surface area contributed by atoms with Gasteiger partial charge in [0.25, 0.3) is 17.3 Å². The molecule has 0 N–H and O–H groups in total. The Morgan fingerprint density at radius 3 is 0.550 bits per heavy atom. The van der Waals surface area contributed by atoms with Gasteiger partial charge in [0.1, 0.15) is 0 Å². The Hall–Kier alpha value is -2.75. The van der Waals surface area contributed by atoms with Crippen molar-refractivity contribution < 1.29 is 109 Å². The number of allylic oxidation sites excluding steroid dienone is 6. The van der Waals surface area contributed by atoms with Crippen LogP contribution in [0.3, 0.4) is 0 Å². The molecule has 0 fully saturated rings. The van der Waals surface area contributed by atoms with E-state index < -0.39 is 89.9 Å². The zero-order valence-electron chi connectivity index (χ0n) is 17.4. The largest absolute Gasteiger partial charge is 3.00 e. The van der Waals surface area contributed by atoms with Crippen LogP contribution in [0.1, 0.15) is 0 Å². The Morgan fingerprint density at radius 2 is 0.475 bits per heavy atom. The Labute approximate surface area is 225 Å². The Kier molecular flexibility index (Phi) is 16.9. The summed E-state index contributed by atoms with van der Waals surface area (Å²) < 4.78 is 203. The van der Waals surface area contributed by atoms with Crippen molar-refractivity contribution in [2.45, 2.75) is 37.1 Å². The maximum Gasteiger partial charge on any atom is 3.00 e. The molecule has 0 saturated carbocycles. The van der Waals surface area contributed by atoms with E-state index in [-0.39, 0.29) is 26.2 Å². The van der Waals surface area contributed by atoms with E-state index in [0.717, 1.165) is 0 Å². The van der Waals surface area contributed by atoms with Gasteiger partial charge >= 0.3 is 63.3 Å². The minimum absolute atomic E-state index is 0. The zero-order chi connectivity index (χ0) is 32.6. The molecule has 0 heterocycles. The molecule has 0 amide bonds. The van der Waals surface area contributed by atoms with E-state index in [0.29, 0.717) is 0 Å². The van der Waals surface area contributed by atoms with Crippen LogP contribution in [-0.2, 0) is 14.4 Å². The van der Waals surface area contributed by atoms with Crippen LogP contribution in [0.2, 0.25) is 0 Å². The molecule has 2 radical (unpaired) electrons. The van der Waals surface area contributed by atoms with Crippen molar-refractivity contribution in [2.75, 3.05) is 0 Å². The smallest absolute Gasteiger partial charge is 0.869 e. The van der Waals surface area contributed by atoms with E-state index in [1.165, 1.54) is 0 Å². The minimum Gasteiger partial charge on any atom is -0.869 e. The number of carbonyl (C=O) groups is 3. The third-order valence-corrected chi connectivity index (χ3v) is 2.46. The maximum atomic E-state index is 11.3. The second-order valence-corrected chi connectivity index (χ2v) is 5.61. The van der Waals surface area contributed by atoms with Gasteiger partial charge in [-0.3, -0.25) is 14.4 Å². The number of hydrogen-bond donors (Lipinski definition) is 0.